The molecule has 4 heterocycles. The van der Waals surface area contributed by atoms with Gasteiger partial charge in [-0.15, -0.1) is 32.9 Å². The molecule has 0 unspecified atom stereocenters. The van der Waals surface area contributed by atoms with Crippen molar-refractivity contribution >= 4 is 38.6 Å². The Bertz CT molecular complexity index is 1100. The van der Waals surface area contributed by atoms with Gasteiger partial charge in [0.15, 0.2) is 0 Å². The summed E-state index contributed by atoms with van der Waals surface area (Å²) in [6, 6.07) is 7.19. The molecular formula is C20H25N5O4S3. The molecule has 0 aliphatic carbocycles. The van der Waals surface area contributed by atoms with Crippen molar-refractivity contribution in [3.8, 4) is 10.8 Å². The lowest BCUT2D eigenvalue weighted by molar-refractivity contribution is -0.133. The predicted octanol–water partition coefficient (Wildman–Crippen LogP) is 2.60. The molecule has 0 saturated carbocycles. The number of aromatic nitrogens is 2. The van der Waals surface area contributed by atoms with Crippen LogP contribution in [0.2, 0.25) is 0 Å². The lowest BCUT2D eigenvalue weighted by Gasteiger charge is -2.34. The number of nitrogens with zero attached hydrogens (tertiary/aromatic N) is 5. The summed E-state index contributed by atoms with van der Waals surface area (Å²) in [5.74, 6) is 0.835. The van der Waals surface area contributed by atoms with Gasteiger partial charge in [0.2, 0.25) is 11.8 Å². The van der Waals surface area contributed by atoms with Gasteiger partial charge in [-0.25, -0.2) is 8.42 Å². The Balaban J connectivity index is 1.33. The number of hydrogen-bond donors (Lipinski definition) is 0. The zero-order valence-electron chi connectivity index (χ0n) is 17.7. The van der Waals surface area contributed by atoms with Crippen LogP contribution >= 0.6 is 22.7 Å². The zero-order chi connectivity index (χ0) is 22.6. The number of carbonyl (C=O) groups is 1. The Morgan fingerprint density at radius 2 is 1.88 bits per heavy atom. The first-order chi connectivity index (χ1) is 15.5. The number of amides is 1. The van der Waals surface area contributed by atoms with Gasteiger partial charge in [0, 0.05) is 32.7 Å². The SMILES string of the molecule is CCCN(Cc1nnc(-c2cccs2)o1)C(=O)CN1CCN(S(=O)(=O)c2cccs2)CC1. The fourth-order valence-electron chi connectivity index (χ4n) is 3.50. The fourth-order valence-corrected chi connectivity index (χ4v) is 6.71. The van der Waals surface area contributed by atoms with Gasteiger partial charge in [-0.1, -0.05) is 19.1 Å². The van der Waals surface area contributed by atoms with E-state index in [1.54, 1.807) is 22.4 Å². The molecule has 172 valence electrons. The van der Waals surface area contributed by atoms with Crippen LogP contribution in [0.25, 0.3) is 10.8 Å². The van der Waals surface area contributed by atoms with Crippen LogP contribution < -0.4 is 0 Å². The summed E-state index contributed by atoms with van der Waals surface area (Å²) in [5, 5.41) is 11.9. The van der Waals surface area contributed by atoms with Crippen molar-refractivity contribution in [2.24, 2.45) is 0 Å². The molecule has 0 spiro atoms. The van der Waals surface area contributed by atoms with E-state index in [4.69, 9.17) is 4.42 Å². The summed E-state index contributed by atoms with van der Waals surface area (Å²) in [5.41, 5.74) is 0. The number of carbonyl (C=O) groups excluding carboxylic acids is 1. The first kappa shape index (κ1) is 23.1. The molecule has 0 N–H and O–H groups in total. The fraction of sp³-hybridized carbons (Fsp3) is 0.450. The monoisotopic (exact) mass is 495 g/mol. The smallest absolute Gasteiger partial charge is 0.257 e. The second-order valence-electron chi connectivity index (χ2n) is 7.41. The first-order valence-electron chi connectivity index (χ1n) is 10.4. The van der Waals surface area contributed by atoms with E-state index in [0.29, 0.717) is 48.7 Å². The number of sulfonamides is 1. The molecule has 12 heteroatoms. The first-order valence-corrected chi connectivity index (χ1v) is 13.6. The average molecular weight is 496 g/mol. The van der Waals surface area contributed by atoms with Crippen molar-refractivity contribution in [2.45, 2.75) is 24.1 Å². The minimum Gasteiger partial charge on any atom is -0.418 e. The molecule has 1 saturated heterocycles. The number of thiophene rings is 2. The van der Waals surface area contributed by atoms with E-state index >= 15 is 0 Å². The Labute approximate surface area is 195 Å². The van der Waals surface area contributed by atoms with Gasteiger partial charge in [-0.3, -0.25) is 9.69 Å². The van der Waals surface area contributed by atoms with Crippen molar-refractivity contribution in [3.63, 3.8) is 0 Å². The topological polar surface area (TPSA) is 99.8 Å². The van der Waals surface area contributed by atoms with Gasteiger partial charge in [0.05, 0.1) is 18.0 Å². The lowest BCUT2D eigenvalue weighted by Crippen LogP contribution is -2.51. The van der Waals surface area contributed by atoms with E-state index in [9.17, 15) is 13.2 Å². The largest absolute Gasteiger partial charge is 0.418 e. The summed E-state index contributed by atoms with van der Waals surface area (Å²) >= 11 is 2.74. The highest BCUT2D eigenvalue weighted by Crippen LogP contribution is 2.24. The Morgan fingerprint density at radius 3 is 2.53 bits per heavy atom. The summed E-state index contributed by atoms with van der Waals surface area (Å²) in [6.07, 6.45) is 0.810. The minimum atomic E-state index is -3.45. The average Bonchev–Trinajstić information content (AvgIpc) is 3.56. The highest BCUT2D eigenvalue weighted by Gasteiger charge is 2.30. The van der Waals surface area contributed by atoms with Crippen LogP contribution in [-0.4, -0.2) is 77.9 Å². The van der Waals surface area contributed by atoms with Crippen molar-refractivity contribution in [1.29, 1.82) is 0 Å². The van der Waals surface area contributed by atoms with Crippen LogP contribution in [0.5, 0.6) is 0 Å². The number of rotatable bonds is 9. The van der Waals surface area contributed by atoms with Crippen molar-refractivity contribution in [3.05, 3.63) is 40.9 Å². The molecule has 1 amide bonds. The molecule has 0 aromatic carbocycles. The molecule has 0 bridgehead atoms. The molecule has 3 aromatic heterocycles. The maximum absolute atomic E-state index is 13.0. The second-order valence-corrected chi connectivity index (χ2v) is 11.5. The quantitative estimate of drug-likeness (QED) is 0.450. The Morgan fingerprint density at radius 1 is 1.12 bits per heavy atom. The molecular weight excluding hydrogens is 470 g/mol. The Kier molecular flexibility index (Phi) is 7.36. The summed E-state index contributed by atoms with van der Waals surface area (Å²) in [6.45, 7) is 4.86. The van der Waals surface area contributed by atoms with Crippen LogP contribution in [0.4, 0.5) is 0 Å². The molecule has 32 heavy (non-hydrogen) atoms. The van der Waals surface area contributed by atoms with Crippen LogP contribution in [-0.2, 0) is 21.4 Å². The van der Waals surface area contributed by atoms with E-state index < -0.39 is 10.0 Å². The number of piperazine rings is 1. The molecule has 1 fully saturated rings. The van der Waals surface area contributed by atoms with Gasteiger partial charge in [-0.05, 0) is 29.3 Å². The normalized spacial score (nSPS) is 15.8. The van der Waals surface area contributed by atoms with E-state index in [0.717, 1.165) is 11.3 Å². The van der Waals surface area contributed by atoms with E-state index in [1.165, 1.54) is 27.0 Å². The maximum atomic E-state index is 13.0. The molecule has 1 aliphatic rings. The molecule has 3 aromatic rings. The highest BCUT2D eigenvalue weighted by molar-refractivity contribution is 7.91. The molecule has 9 nitrogen and oxygen atoms in total. The molecule has 0 atom stereocenters. The third-order valence-corrected chi connectivity index (χ3v) is 9.28. The van der Waals surface area contributed by atoms with Crippen LogP contribution in [0.15, 0.2) is 43.7 Å². The van der Waals surface area contributed by atoms with Gasteiger partial charge >= 0.3 is 0 Å². The highest BCUT2D eigenvalue weighted by atomic mass is 32.2. The van der Waals surface area contributed by atoms with E-state index in [-0.39, 0.29) is 19.0 Å². The zero-order valence-corrected chi connectivity index (χ0v) is 20.2. The van der Waals surface area contributed by atoms with Crippen molar-refractivity contribution in [2.75, 3.05) is 39.3 Å². The second kappa shape index (κ2) is 10.2. The lowest BCUT2D eigenvalue weighted by atomic mass is 10.3. The third kappa shape index (κ3) is 5.26. The van der Waals surface area contributed by atoms with Crippen LogP contribution in [0, 0.1) is 0 Å². The molecule has 1 aliphatic heterocycles. The van der Waals surface area contributed by atoms with Crippen molar-refractivity contribution in [1.82, 2.24) is 24.3 Å². The Hall–Kier alpha value is -2.12. The van der Waals surface area contributed by atoms with E-state index in [2.05, 4.69) is 10.2 Å². The summed E-state index contributed by atoms with van der Waals surface area (Å²) in [4.78, 5) is 17.6. The van der Waals surface area contributed by atoms with E-state index in [1.807, 2.05) is 29.3 Å². The molecule has 4 rings (SSSR count). The van der Waals surface area contributed by atoms with Gasteiger partial charge in [0.25, 0.3) is 15.9 Å². The summed E-state index contributed by atoms with van der Waals surface area (Å²) in [7, 11) is -3.45. The van der Waals surface area contributed by atoms with Gasteiger partial charge < -0.3 is 9.32 Å². The molecule has 0 radical (unpaired) electrons. The van der Waals surface area contributed by atoms with Crippen LogP contribution in [0.3, 0.4) is 0 Å². The van der Waals surface area contributed by atoms with Gasteiger partial charge in [-0.2, -0.15) is 4.31 Å². The summed E-state index contributed by atoms with van der Waals surface area (Å²) < 4.78 is 33.0. The third-order valence-electron chi connectivity index (χ3n) is 5.15. The number of hydrogen-bond acceptors (Lipinski definition) is 9. The van der Waals surface area contributed by atoms with Gasteiger partial charge in [0.1, 0.15) is 4.21 Å². The van der Waals surface area contributed by atoms with Crippen LogP contribution in [0.1, 0.15) is 19.2 Å². The predicted molar refractivity (Wildman–Crippen MR) is 123 cm³/mol. The standard InChI is InChI=1S/C20H25N5O4S3/c1-2-7-24(14-17-21-22-20(29-17)16-5-3-12-30-16)18(26)15-23-8-10-25(11-9-23)32(27,28)19-6-4-13-31-19/h3-6,12-13H,2,7-11,14-15H2,1H3. The maximum Gasteiger partial charge on any atom is 0.257 e. The van der Waals surface area contributed by atoms with Crippen molar-refractivity contribution < 1.29 is 17.6 Å². The minimum absolute atomic E-state index is 0.0303.